The summed E-state index contributed by atoms with van der Waals surface area (Å²) in [7, 11) is 0. The Labute approximate surface area is 119 Å². The van der Waals surface area contributed by atoms with Gasteiger partial charge in [-0.2, -0.15) is 5.10 Å². The van der Waals surface area contributed by atoms with Gasteiger partial charge >= 0.3 is 0 Å². The fourth-order valence-electron chi connectivity index (χ4n) is 2.16. The van der Waals surface area contributed by atoms with Crippen LogP contribution in [0.3, 0.4) is 0 Å². The zero-order chi connectivity index (χ0) is 13.4. The predicted octanol–water partition coefficient (Wildman–Crippen LogP) is 3.13. The minimum atomic E-state index is 0.618. The molecule has 0 spiro atoms. The van der Waals surface area contributed by atoms with Crippen molar-refractivity contribution in [2.45, 2.75) is 13.5 Å². The summed E-state index contributed by atoms with van der Waals surface area (Å²) in [5, 5.41) is 6.74. The van der Waals surface area contributed by atoms with Crippen LogP contribution in [-0.4, -0.2) is 14.8 Å². The third kappa shape index (κ3) is 2.10. The summed E-state index contributed by atoms with van der Waals surface area (Å²) in [6.07, 6.45) is 3.74. The Bertz CT molecular complexity index is 743. The highest BCUT2D eigenvalue weighted by atomic mass is 79.9. The van der Waals surface area contributed by atoms with Gasteiger partial charge in [0.2, 0.25) is 0 Å². The van der Waals surface area contributed by atoms with Crippen molar-refractivity contribution in [1.29, 1.82) is 0 Å². The van der Waals surface area contributed by atoms with Crippen LogP contribution in [0, 0.1) is 6.92 Å². The zero-order valence-corrected chi connectivity index (χ0v) is 12.1. The molecular formula is C14H13BrN4. The lowest BCUT2D eigenvalue weighted by molar-refractivity contribution is 0.691. The second-order valence-electron chi connectivity index (χ2n) is 4.46. The molecule has 0 saturated carbocycles. The summed E-state index contributed by atoms with van der Waals surface area (Å²) in [6, 6.07) is 8.18. The Morgan fingerprint density at radius 1 is 1.26 bits per heavy atom. The number of nitrogen functional groups attached to an aromatic ring is 1. The minimum absolute atomic E-state index is 0.618. The van der Waals surface area contributed by atoms with E-state index in [9.17, 15) is 0 Å². The molecule has 0 bridgehead atoms. The van der Waals surface area contributed by atoms with Gasteiger partial charge < -0.3 is 5.73 Å². The van der Waals surface area contributed by atoms with Crippen molar-refractivity contribution in [2.75, 3.05) is 5.73 Å². The molecule has 0 atom stereocenters. The van der Waals surface area contributed by atoms with Gasteiger partial charge in [0, 0.05) is 17.8 Å². The number of nitrogens with two attached hydrogens (primary N) is 1. The van der Waals surface area contributed by atoms with Crippen LogP contribution >= 0.6 is 15.9 Å². The Hall–Kier alpha value is -1.88. The van der Waals surface area contributed by atoms with E-state index in [4.69, 9.17) is 5.73 Å². The molecule has 0 radical (unpaired) electrons. The summed E-state index contributed by atoms with van der Waals surface area (Å²) in [6.45, 7) is 2.55. The van der Waals surface area contributed by atoms with Crippen molar-refractivity contribution >= 4 is 32.5 Å². The van der Waals surface area contributed by atoms with E-state index in [1.165, 1.54) is 5.39 Å². The monoisotopic (exact) mass is 316 g/mol. The average molecular weight is 317 g/mol. The van der Waals surface area contributed by atoms with E-state index < -0.39 is 0 Å². The van der Waals surface area contributed by atoms with Crippen LogP contribution in [0.15, 0.2) is 41.1 Å². The number of benzene rings is 1. The van der Waals surface area contributed by atoms with E-state index in [2.05, 4.69) is 38.1 Å². The third-order valence-corrected chi connectivity index (χ3v) is 4.14. The van der Waals surface area contributed by atoms with Gasteiger partial charge in [-0.05, 0) is 33.8 Å². The molecule has 19 heavy (non-hydrogen) atoms. The number of halogens is 1. The Morgan fingerprint density at radius 2 is 2.05 bits per heavy atom. The molecule has 0 unspecified atom stereocenters. The van der Waals surface area contributed by atoms with Crippen molar-refractivity contribution in [3.63, 3.8) is 0 Å². The number of aromatic nitrogens is 3. The highest BCUT2D eigenvalue weighted by Gasteiger charge is 2.11. The van der Waals surface area contributed by atoms with Crippen LogP contribution in [0.25, 0.3) is 10.8 Å². The van der Waals surface area contributed by atoms with Crippen molar-refractivity contribution in [3.8, 4) is 0 Å². The average Bonchev–Trinajstić information content (AvgIpc) is 2.67. The lowest BCUT2D eigenvalue weighted by Crippen LogP contribution is -2.06. The van der Waals surface area contributed by atoms with Gasteiger partial charge in [-0.15, -0.1) is 0 Å². The Kier molecular flexibility index (Phi) is 2.98. The van der Waals surface area contributed by atoms with E-state index in [1.807, 2.05) is 31.5 Å². The number of nitrogens with zero attached hydrogens (tertiary/aromatic N) is 3. The molecule has 2 aromatic heterocycles. The van der Waals surface area contributed by atoms with Crippen LogP contribution in [0.4, 0.5) is 5.82 Å². The van der Waals surface area contributed by atoms with Gasteiger partial charge in [0.05, 0.1) is 16.7 Å². The molecule has 0 fully saturated rings. The van der Waals surface area contributed by atoms with Crippen LogP contribution in [0.5, 0.6) is 0 Å². The first-order valence-electron chi connectivity index (χ1n) is 5.97. The fraction of sp³-hybridized carbons (Fsp3) is 0.143. The molecule has 0 amide bonds. The maximum atomic E-state index is 6.03. The number of fused-ring (bicyclic) bond motifs is 1. The summed E-state index contributed by atoms with van der Waals surface area (Å²) >= 11 is 3.44. The SMILES string of the molecule is Cc1nn(Cc2cncc3ccccc23)c(N)c1Br. The fourth-order valence-corrected chi connectivity index (χ4v) is 2.45. The number of hydrogen-bond acceptors (Lipinski definition) is 3. The lowest BCUT2D eigenvalue weighted by Gasteiger charge is -2.07. The van der Waals surface area contributed by atoms with Crippen molar-refractivity contribution in [2.24, 2.45) is 0 Å². The van der Waals surface area contributed by atoms with Gasteiger partial charge in [0.1, 0.15) is 5.82 Å². The largest absolute Gasteiger partial charge is 0.383 e. The highest BCUT2D eigenvalue weighted by Crippen LogP contribution is 2.25. The number of hydrogen-bond donors (Lipinski definition) is 1. The molecule has 0 saturated heterocycles. The molecule has 1 aromatic carbocycles. The summed E-state index contributed by atoms with van der Waals surface area (Å²) in [5.41, 5.74) is 8.03. The van der Waals surface area contributed by atoms with Crippen LogP contribution in [-0.2, 0) is 6.54 Å². The minimum Gasteiger partial charge on any atom is -0.383 e. The maximum Gasteiger partial charge on any atom is 0.136 e. The van der Waals surface area contributed by atoms with Gasteiger partial charge in [-0.1, -0.05) is 24.3 Å². The first-order chi connectivity index (χ1) is 9.16. The molecule has 0 aliphatic heterocycles. The molecule has 2 heterocycles. The number of anilines is 1. The molecule has 2 N–H and O–H groups in total. The molecule has 0 aliphatic carbocycles. The molecule has 5 heteroatoms. The maximum absolute atomic E-state index is 6.03. The summed E-state index contributed by atoms with van der Waals surface area (Å²) < 4.78 is 2.66. The number of rotatable bonds is 2. The predicted molar refractivity (Wildman–Crippen MR) is 79.9 cm³/mol. The second kappa shape index (κ2) is 4.66. The first-order valence-corrected chi connectivity index (χ1v) is 6.76. The van der Waals surface area contributed by atoms with E-state index in [1.54, 1.807) is 4.68 Å². The Morgan fingerprint density at radius 3 is 2.79 bits per heavy atom. The number of pyridine rings is 1. The zero-order valence-electron chi connectivity index (χ0n) is 10.5. The van der Waals surface area contributed by atoms with Gasteiger partial charge in [-0.25, -0.2) is 4.68 Å². The van der Waals surface area contributed by atoms with Gasteiger partial charge in [0.25, 0.3) is 0 Å². The van der Waals surface area contributed by atoms with E-state index in [0.717, 1.165) is 21.1 Å². The van der Waals surface area contributed by atoms with Crippen LogP contribution in [0.1, 0.15) is 11.3 Å². The number of aryl methyl sites for hydroxylation is 1. The quantitative estimate of drug-likeness (QED) is 0.790. The molecule has 3 aromatic rings. The molecule has 96 valence electrons. The Balaban J connectivity index is 2.08. The molecule has 0 aliphatic rings. The third-order valence-electron chi connectivity index (χ3n) is 3.16. The van der Waals surface area contributed by atoms with E-state index in [-0.39, 0.29) is 0 Å². The topological polar surface area (TPSA) is 56.7 Å². The van der Waals surface area contributed by atoms with Crippen molar-refractivity contribution < 1.29 is 0 Å². The summed E-state index contributed by atoms with van der Waals surface area (Å²) in [4.78, 5) is 4.27. The summed E-state index contributed by atoms with van der Waals surface area (Å²) in [5.74, 6) is 0.644. The smallest absolute Gasteiger partial charge is 0.136 e. The standard InChI is InChI=1S/C14H13BrN4/c1-9-13(15)14(16)19(18-9)8-11-7-17-6-10-4-2-3-5-12(10)11/h2-7H,8,16H2,1H3. The van der Waals surface area contributed by atoms with E-state index in [0.29, 0.717) is 12.4 Å². The first kappa shape index (κ1) is 12.2. The molecular weight excluding hydrogens is 304 g/mol. The van der Waals surface area contributed by atoms with Crippen LogP contribution < -0.4 is 5.73 Å². The highest BCUT2D eigenvalue weighted by molar-refractivity contribution is 9.10. The lowest BCUT2D eigenvalue weighted by atomic mass is 10.1. The van der Waals surface area contributed by atoms with Crippen LogP contribution in [0.2, 0.25) is 0 Å². The molecule has 4 nitrogen and oxygen atoms in total. The van der Waals surface area contributed by atoms with Crippen molar-refractivity contribution in [3.05, 3.63) is 52.4 Å². The second-order valence-corrected chi connectivity index (χ2v) is 5.26. The van der Waals surface area contributed by atoms with E-state index >= 15 is 0 Å². The van der Waals surface area contributed by atoms with Gasteiger partial charge in [-0.3, -0.25) is 4.98 Å². The normalized spacial score (nSPS) is 11.1. The van der Waals surface area contributed by atoms with Gasteiger partial charge in [0.15, 0.2) is 0 Å². The van der Waals surface area contributed by atoms with Crippen molar-refractivity contribution in [1.82, 2.24) is 14.8 Å². The molecule has 3 rings (SSSR count).